The van der Waals surface area contributed by atoms with Gasteiger partial charge < -0.3 is 10.4 Å². The van der Waals surface area contributed by atoms with Gasteiger partial charge in [-0.1, -0.05) is 11.6 Å². The van der Waals surface area contributed by atoms with Crippen LogP contribution in [0.5, 0.6) is 0 Å². The van der Waals surface area contributed by atoms with Gasteiger partial charge in [-0.05, 0) is 6.42 Å². The van der Waals surface area contributed by atoms with E-state index in [9.17, 15) is 4.79 Å². The van der Waals surface area contributed by atoms with Crippen LogP contribution in [0.25, 0.3) is 0 Å². The molecule has 0 saturated heterocycles. The summed E-state index contributed by atoms with van der Waals surface area (Å²) in [5.41, 5.74) is 0.0630. The molecule has 0 aliphatic rings. The van der Waals surface area contributed by atoms with Crippen LogP contribution >= 0.6 is 11.6 Å². The van der Waals surface area contributed by atoms with E-state index in [4.69, 9.17) is 16.7 Å². The summed E-state index contributed by atoms with van der Waals surface area (Å²) in [6, 6.07) is 0. The first kappa shape index (κ1) is 11.0. The maximum Gasteiger partial charge on any atom is 0.291 e. The number of rotatable bonds is 4. The van der Waals surface area contributed by atoms with E-state index in [0.717, 1.165) is 0 Å². The Morgan fingerprint density at radius 1 is 1.71 bits per heavy atom. The zero-order valence-corrected chi connectivity index (χ0v) is 8.58. The molecule has 0 unspecified atom stereocenters. The van der Waals surface area contributed by atoms with Gasteiger partial charge in [0.2, 0.25) is 0 Å². The summed E-state index contributed by atoms with van der Waals surface area (Å²) < 4.78 is 1.20. The number of aliphatic hydroxyl groups excluding tert-OH is 1. The fourth-order valence-corrected chi connectivity index (χ4v) is 1.16. The summed E-state index contributed by atoms with van der Waals surface area (Å²) in [4.78, 5) is 11.5. The van der Waals surface area contributed by atoms with E-state index in [1.54, 1.807) is 7.05 Å². The molecule has 0 radical (unpaired) electrons. The van der Waals surface area contributed by atoms with Crippen LogP contribution < -0.4 is 10.9 Å². The number of aryl methyl sites for hydroxylation is 1. The van der Waals surface area contributed by atoms with Crippen molar-refractivity contribution >= 4 is 17.3 Å². The van der Waals surface area contributed by atoms with Crippen LogP contribution in [-0.2, 0) is 7.05 Å². The third kappa shape index (κ3) is 2.46. The van der Waals surface area contributed by atoms with Crippen molar-refractivity contribution in [2.75, 3.05) is 18.5 Å². The lowest BCUT2D eigenvalue weighted by Crippen LogP contribution is -2.24. The molecule has 0 atom stereocenters. The monoisotopic (exact) mass is 217 g/mol. The molecule has 0 amide bonds. The summed E-state index contributed by atoms with van der Waals surface area (Å²) in [5, 5.41) is 15.5. The Hall–Kier alpha value is -1.07. The summed E-state index contributed by atoms with van der Waals surface area (Å²) >= 11 is 5.78. The average molecular weight is 218 g/mol. The molecule has 1 aromatic heterocycles. The lowest BCUT2D eigenvalue weighted by molar-refractivity contribution is 0.292. The zero-order chi connectivity index (χ0) is 10.6. The van der Waals surface area contributed by atoms with Crippen molar-refractivity contribution in [2.45, 2.75) is 6.42 Å². The lowest BCUT2D eigenvalue weighted by atomic mass is 10.4. The summed E-state index contributed by atoms with van der Waals surface area (Å²) in [6.45, 7) is 0.589. The van der Waals surface area contributed by atoms with Gasteiger partial charge in [-0.25, -0.2) is 4.68 Å². The van der Waals surface area contributed by atoms with E-state index < -0.39 is 0 Å². The van der Waals surface area contributed by atoms with Gasteiger partial charge in [0.15, 0.2) is 0 Å². The topological polar surface area (TPSA) is 67.2 Å². The van der Waals surface area contributed by atoms with Gasteiger partial charge in [0.1, 0.15) is 5.69 Å². The molecule has 2 N–H and O–H groups in total. The number of anilines is 1. The lowest BCUT2D eigenvalue weighted by Gasteiger charge is -2.07. The largest absolute Gasteiger partial charge is 0.396 e. The Morgan fingerprint density at radius 2 is 2.43 bits per heavy atom. The molecule has 5 nitrogen and oxygen atoms in total. The highest BCUT2D eigenvalue weighted by atomic mass is 35.5. The van der Waals surface area contributed by atoms with Gasteiger partial charge in [-0.3, -0.25) is 4.79 Å². The molecular weight excluding hydrogens is 206 g/mol. The first-order chi connectivity index (χ1) is 6.66. The van der Waals surface area contributed by atoms with Crippen molar-refractivity contribution in [3.63, 3.8) is 0 Å². The van der Waals surface area contributed by atoms with Crippen LogP contribution in [0.2, 0.25) is 5.02 Å². The van der Waals surface area contributed by atoms with Crippen LogP contribution in [0.15, 0.2) is 11.0 Å². The normalized spacial score (nSPS) is 10.2. The smallest absolute Gasteiger partial charge is 0.291 e. The SMILES string of the molecule is Cn1ncc(Cl)c(NCCCO)c1=O. The summed E-state index contributed by atoms with van der Waals surface area (Å²) in [6.07, 6.45) is 1.98. The van der Waals surface area contributed by atoms with E-state index in [2.05, 4.69) is 10.4 Å². The highest BCUT2D eigenvalue weighted by Gasteiger charge is 2.06. The van der Waals surface area contributed by atoms with Crippen LogP contribution in [-0.4, -0.2) is 28.0 Å². The third-order valence-electron chi connectivity index (χ3n) is 1.73. The van der Waals surface area contributed by atoms with Crippen molar-refractivity contribution < 1.29 is 5.11 Å². The fourth-order valence-electron chi connectivity index (χ4n) is 0.971. The minimum absolute atomic E-state index is 0.0794. The van der Waals surface area contributed by atoms with Gasteiger partial charge in [0.05, 0.1) is 11.2 Å². The molecular formula is C8H12ClN3O2. The number of halogens is 1. The highest BCUT2D eigenvalue weighted by Crippen LogP contribution is 2.14. The predicted molar refractivity (Wildman–Crippen MR) is 54.7 cm³/mol. The Balaban J connectivity index is 2.84. The van der Waals surface area contributed by atoms with Crippen molar-refractivity contribution in [2.24, 2.45) is 7.05 Å². The van der Waals surface area contributed by atoms with E-state index in [0.29, 0.717) is 23.7 Å². The highest BCUT2D eigenvalue weighted by molar-refractivity contribution is 6.32. The van der Waals surface area contributed by atoms with Gasteiger partial charge >= 0.3 is 0 Å². The summed E-state index contributed by atoms with van der Waals surface area (Å²) in [7, 11) is 1.55. The number of hydrogen-bond donors (Lipinski definition) is 2. The van der Waals surface area contributed by atoms with E-state index in [1.807, 2.05) is 0 Å². The predicted octanol–water partition coefficient (Wildman–Crippen LogP) is 0.228. The Labute approximate surface area is 86.3 Å². The zero-order valence-electron chi connectivity index (χ0n) is 7.83. The van der Waals surface area contributed by atoms with Crippen molar-refractivity contribution in [3.05, 3.63) is 21.6 Å². The fraction of sp³-hybridized carbons (Fsp3) is 0.500. The molecule has 0 spiro atoms. The Bertz CT molecular complexity index is 364. The quantitative estimate of drug-likeness (QED) is 0.709. The molecule has 14 heavy (non-hydrogen) atoms. The minimum Gasteiger partial charge on any atom is -0.396 e. The van der Waals surface area contributed by atoms with E-state index in [1.165, 1.54) is 10.9 Å². The minimum atomic E-state index is -0.268. The molecule has 6 heteroatoms. The molecule has 0 aromatic carbocycles. The van der Waals surface area contributed by atoms with Crippen molar-refractivity contribution in [1.29, 1.82) is 0 Å². The van der Waals surface area contributed by atoms with Crippen molar-refractivity contribution in [3.8, 4) is 0 Å². The van der Waals surface area contributed by atoms with Gasteiger partial charge in [0.25, 0.3) is 5.56 Å². The Kier molecular flexibility index (Phi) is 3.91. The standard InChI is InChI=1S/C8H12ClN3O2/c1-12-8(14)7(6(9)5-11-12)10-3-2-4-13/h5,10,13H,2-4H2,1H3. The maximum atomic E-state index is 11.5. The third-order valence-corrected chi connectivity index (χ3v) is 2.01. The molecule has 1 heterocycles. The number of nitrogens with zero attached hydrogens (tertiary/aromatic N) is 2. The second kappa shape index (κ2) is 4.97. The van der Waals surface area contributed by atoms with Gasteiger partial charge in [-0.2, -0.15) is 5.10 Å². The molecule has 1 rings (SSSR count). The number of nitrogens with one attached hydrogen (secondary N) is 1. The first-order valence-corrected chi connectivity index (χ1v) is 4.61. The van der Waals surface area contributed by atoms with Crippen molar-refractivity contribution in [1.82, 2.24) is 9.78 Å². The van der Waals surface area contributed by atoms with Crippen LogP contribution in [0.4, 0.5) is 5.69 Å². The molecule has 0 aliphatic carbocycles. The molecule has 0 bridgehead atoms. The van der Waals surface area contributed by atoms with Crippen LogP contribution in [0, 0.1) is 0 Å². The number of aliphatic hydroxyl groups is 1. The Morgan fingerprint density at radius 3 is 3.07 bits per heavy atom. The van der Waals surface area contributed by atoms with Gasteiger partial charge in [0, 0.05) is 20.2 Å². The van der Waals surface area contributed by atoms with E-state index >= 15 is 0 Å². The van der Waals surface area contributed by atoms with Crippen LogP contribution in [0.1, 0.15) is 6.42 Å². The van der Waals surface area contributed by atoms with Gasteiger partial charge in [-0.15, -0.1) is 0 Å². The number of aromatic nitrogens is 2. The first-order valence-electron chi connectivity index (χ1n) is 4.23. The average Bonchev–Trinajstić information content (AvgIpc) is 2.18. The second-order valence-corrected chi connectivity index (χ2v) is 3.21. The molecule has 0 aliphatic heterocycles. The molecule has 78 valence electrons. The molecule has 0 saturated carbocycles. The van der Waals surface area contributed by atoms with E-state index in [-0.39, 0.29) is 12.2 Å². The second-order valence-electron chi connectivity index (χ2n) is 2.80. The number of hydrogen-bond acceptors (Lipinski definition) is 4. The van der Waals surface area contributed by atoms with Crippen LogP contribution in [0.3, 0.4) is 0 Å². The summed E-state index contributed by atoms with van der Waals surface area (Å²) in [5.74, 6) is 0. The maximum absolute atomic E-state index is 11.5. The molecule has 0 fully saturated rings. The molecule has 1 aromatic rings.